The van der Waals surface area contributed by atoms with Crippen molar-refractivity contribution in [1.29, 1.82) is 0 Å². The lowest BCUT2D eigenvalue weighted by Gasteiger charge is -2.36. The van der Waals surface area contributed by atoms with Crippen molar-refractivity contribution in [2.75, 3.05) is 0 Å². The highest BCUT2D eigenvalue weighted by Gasteiger charge is 2.48. The number of nitrogens with one attached hydrogen (secondary N) is 1. The van der Waals surface area contributed by atoms with Crippen LogP contribution in [-0.4, -0.2) is 21.4 Å². The third kappa shape index (κ3) is 6.13. The van der Waals surface area contributed by atoms with Crippen molar-refractivity contribution in [2.24, 2.45) is 0 Å². The fourth-order valence-corrected chi connectivity index (χ4v) is 3.40. The molecule has 2 atom stereocenters. The summed E-state index contributed by atoms with van der Waals surface area (Å²) in [6.45, 7) is 15.0. The number of hydrogen-bond donors (Lipinski definition) is 1. The summed E-state index contributed by atoms with van der Waals surface area (Å²) in [5, 5.41) is 0. The highest BCUT2D eigenvalue weighted by Crippen LogP contribution is 2.34. The van der Waals surface area contributed by atoms with E-state index in [4.69, 9.17) is 4.74 Å². The van der Waals surface area contributed by atoms with Crippen molar-refractivity contribution in [1.82, 2.24) is 4.72 Å². The minimum atomic E-state index is -1.47. The summed E-state index contributed by atoms with van der Waals surface area (Å²) in [5.41, 5.74) is 0.235. The number of ether oxygens (including phenoxy) is 1. The van der Waals surface area contributed by atoms with Gasteiger partial charge in [-0.3, -0.25) is 0 Å². The Morgan fingerprint density at radius 2 is 1.84 bits per heavy atom. The van der Waals surface area contributed by atoms with Crippen LogP contribution < -0.4 is 4.72 Å². The van der Waals surface area contributed by atoms with E-state index in [0.717, 1.165) is 10.0 Å². The molecule has 0 bridgehead atoms. The molecule has 0 aliphatic rings. The van der Waals surface area contributed by atoms with Gasteiger partial charge in [-0.2, -0.15) is 0 Å². The number of rotatable bonds is 7. The Morgan fingerprint density at radius 1 is 1.32 bits per heavy atom. The van der Waals surface area contributed by atoms with Gasteiger partial charge in [-0.15, -0.1) is 11.3 Å². The van der Waals surface area contributed by atoms with E-state index in [2.05, 4.69) is 27.2 Å². The van der Waals surface area contributed by atoms with E-state index in [0.29, 0.717) is 12.0 Å². The first-order valence-corrected chi connectivity index (χ1v) is 10.1. The molecule has 25 heavy (non-hydrogen) atoms. The highest BCUT2D eigenvalue weighted by molar-refractivity contribution is 9.10. The standard InChI is InChI=1S/C19H28BrNO3S/c1-13(2)12-19(17(22)24-14(3)4,21-25(23)18(5,6)7)15-8-10-16(20)11-9-15/h8-11,14,21H,1,12H2,2-7H3/t19-,25-/m0/s1. The Labute approximate surface area is 162 Å². The zero-order chi connectivity index (χ0) is 19.4. The number of carbonyl (C=O) groups excluding carboxylic acids is 1. The maximum Gasteiger partial charge on any atom is 0.336 e. The zero-order valence-corrected chi connectivity index (χ0v) is 18.2. The van der Waals surface area contributed by atoms with Crippen molar-refractivity contribution in [3.8, 4) is 0 Å². The molecule has 0 heterocycles. The van der Waals surface area contributed by atoms with Crippen LogP contribution in [0.1, 0.15) is 53.5 Å². The molecule has 4 nitrogen and oxygen atoms in total. The van der Waals surface area contributed by atoms with Crippen LogP contribution in [0.2, 0.25) is 0 Å². The molecule has 0 amide bonds. The SMILES string of the molecule is C=C(C)C[C@@](N[S@@+]([O-])C(C)(C)C)(C(=O)OC(C)C)c1ccc(Br)cc1. The summed E-state index contributed by atoms with van der Waals surface area (Å²) in [6, 6.07) is 7.38. The summed E-state index contributed by atoms with van der Waals surface area (Å²) in [6.07, 6.45) is 0.0134. The Bertz CT molecular complexity index is 610. The number of carbonyl (C=O) groups is 1. The monoisotopic (exact) mass is 429 g/mol. The fourth-order valence-electron chi connectivity index (χ4n) is 2.24. The van der Waals surface area contributed by atoms with Gasteiger partial charge in [0, 0.05) is 22.3 Å². The van der Waals surface area contributed by atoms with E-state index in [1.165, 1.54) is 0 Å². The van der Waals surface area contributed by atoms with Crippen LogP contribution in [0.25, 0.3) is 0 Å². The second-order valence-electron chi connectivity index (χ2n) is 7.48. The summed E-state index contributed by atoms with van der Waals surface area (Å²) in [5.74, 6) is -0.453. The molecule has 0 radical (unpaired) electrons. The van der Waals surface area contributed by atoms with Crippen molar-refractivity contribution >= 4 is 33.3 Å². The van der Waals surface area contributed by atoms with Gasteiger partial charge in [-0.1, -0.05) is 33.6 Å². The molecule has 0 unspecified atom stereocenters. The summed E-state index contributed by atoms with van der Waals surface area (Å²) >= 11 is 1.94. The molecule has 0 aliphatic heterocycles. The van der Waals surface area contributed by atoms with Crippen molar-refractivity contribution in [3.63, 3.8) is 0 Å². The lowest BCUT2D eigenvalue weighted by Crippen LogP contribution is -2.56. The molecule has 0 fully saturated rings. The molecule has 1 N–H and O–H groups in total. The molecule has 1 rings (SSSR count). The van der Waals surface area contributed by atoms with Gasteiger partial charge in [-0.25, -0.2) is 4.79 Å². The van der Waals surface area contributed by atoms with E-state index in [9.17, 15) is 9.35 Å². The van der Waals surface area contributed by atoms with Gasteiger partial charge in [0.05, 0.1) is 6.10 Å². The van der Waals surface area contributed by atoms with Crippen LogP contribution in [0, 0.1) is 0 Å². The van der Waals surface area contributed by atoms with Crippen LogP contribution in [0.3, 0.4) is 0 Å². The predicted molar refractivity (Wildman–Crippen MR) is 108 cm³/mol. The first-order valence-electron chi connectivity index (χ1n) is 8.19. The molecule has 1 aromatic rings. The Morgan fingerprint density at radius 3 is 2.24 bits per heavy atom. The van der Waals surface area contributed by atoms with Gasteiger partial charge in [0.25, 0.3) is 0 Å². The van der Waals surface area contributed by atoms with Crippen molar-refractivity contribution < 1.29 is 14.1 Å². The van der Waals surface area contributed by atoms with Crippen molar-refractivity contribution in [2.45, 2.75) is 64.4 Å². The van der Waals surface area contributed by atoms with Gasteiger partial charge < -0.3 is 9.29 Å². The molecule has 140 valence electrons. The molecular formula is C19H28BrNO3S. The predicted octanol–water partition coefficient (Wildman–Crippen LogP) is 4.61. The van der Waals surface area contributed by atoms with Crippen LogP contribution in [0.15, 0.2) is 40.9 Å². The lowest BCUT2D eigenvalue weighted by atomic mass is 9.85. The van der Waals surface area contributed by atoms with Crippen LogP contribution in [0.4, 0.5) is 0 Å². The van der Waals surface area contributed by atoms with E-state index >= 15 is 0 Å². The quantitative estimate of drug-likeness (QED) is 0.390. The third-order valence-electron chi connectivity index (χ3n) is 3.42. The Kier molecular flexibility index (Phi) is 7.74. The molecule has 0 aromatic heterocycles. The summed E-state index contributed by atoms with van der Waals surface area (Å²) < 4.78 is 21.8. The molecule has 1 aromatic carbocycles. The highest BCUT2D eigenvalue weighted by atomic mass is 79.9. The first kappa shape index (κ1) is 22.2. The van der Waals surface area contributed by atoms with Crippen molar-refractivity contribution in [3.05, 3.63) is 46.5 Å². The smallest absolute Gasteiger partial charge is 0.336 e. The van der Waals surface area contributed by atoms with E-state index < -0.39 is 27.6 Å². The number of esters is 1. The summed E-state index contributed by atoms with van der Waals surface area (Å²) in [4.78, 5) is 13.1. The van der Waals surface area contributed by atoms with E-state index in [1.807, 2.05) is 52.0 Å². The minimum Gasteiger partial charge on any atom is -0.598 e. The molecule has 6 heteroatoms. The first-order chi connectivity index (χ1) is 11.4. The average molecular weight is 430 g/mol. The molecule has 0 saturated carbocycles. The Hall–Kier alpha value is -0.820. The lowest BCUT2D eigenvalue weighted by molar-refractivity contribution is -0.155. The molecule has 0 saturated heterocycles. The second kappa shape index (κ2) is 8.71. The topological polar surface area (TPSA) is 61.4 Å². The number of halogens is 1. The second-order valence-corrected chi connectivity index (χ2v) is 10.4. The van der Waals surface area contributed by atoms with Gasteiger partial charge in [0.15, 0.2) is 5.54 Å². The number of benzene rings is 1. The van der Waals surface area contributed by atoms with Crippen LogP contribution in [0.5, 0.6) is 0 Å². The normalized spacial score (nSPS) is 15.6. The van der Waals surface area contributed by atoms with E-state index in [1.54, 1.807) is 13.8 Å². The van der Waals surface area contributed by atoms with Gasteiger partial charge in [0.1, 0.15) is 4.75 Å². The molecule has 0 spiro atoms. The van der Waals surface area contributed by atoms with Crippen LogP contribution >= 0.6 is 15.9 Å². The zero-order valence-electron chi connectivity index (χ0n) is 15.8. The van der Waals surface area contributed by atoms with Gasteiger partial charge in [-0.05, 0) is 59.2 Å². The number of hydrogen-bond acceptors (Lipinski definition) is 4. The largest absolute Gasteiger partial charge is 0.598 e. The molecule has 0 aliphatic carbocycles. The van der Waals surface area contributed by atoms with E-state index in [-0.39, 0.29) is 6.10 Å². The van der Waals surface area contributed by atoms with Crippen LogP contribution in [-0.2, 0) is 26.4 Å². The summed E-state index contributed by atoms with van der Waals surface area (Å²) in [7, 11) is 0. The molecular weight excluding hydrogens is 402 g/mol. The maximum absolute atomic E-state index is 13.1. The average Bonchev–Trinajstić information content (AvgIpc) is 2.44. The van der Waals surface area contributed by atoms with Gasteiger partial charge in [0.2, 0.25) is 0 Å². The third-order valence-corrected chi connectivity index (χ3v) is 5.59. The fraction of sp³-hybridized carbons (Fsp3) is 0.526. The Balaban J connectivity index is 3.48. The maximum atomic E-state index is 13.1. The minimum absolute atomic E-state index is 0.280. The van der Waals surface area contributed by atoms with Gasteiger partial charge >= 0.3 is 5.97 Å².